The van der Waals surface area contributed by atoms with Crippen molar-refractivity contribution in [2.75, 3.05) is 33.4 Å². The SMILES string of the molecule is CO[C@@H](C)c1ncc(C#Cc2cncnc2)cc1-c1c2c3cc(cc4c3n1CCO4)-c1csc(n1)CC(NCC1C[C@@H]1C)C(=O)N1CCC[C@H](N1)C(=O)OCC(C)(C)C2. The molecule has 1 amide bonds. The third-order valence-corrected chi connectivity index (χ3v) is 12.9. The summed E-state index contributed by atoms with van der Waals surface area (Å²) >= 11 is 1.56. The number of methoxy groups -OCH3 is 1. The van der Waals surface area contributed by atoms with Gasteiger partial charge in [0.25, 0.3) is 5.91 Å². The summed E-state index contributed by atoms with van der Waals surface area (Å²) in [5, 5.41) is 9.19. The fourth-order valence-corrected chi connectivity index (χ4v) is 9.40. The molecule has 9 rings (SSSR count). The van der Waals surface area contributed by atoms with Crippen LogP contribution in [0.5, 0.6) is 5.75 Å². The number of thiazole rings is 1. The Kier molecular flexibility index (Phi) is 10.7. The summed E-state index contributed by atoms with van der Waals surface area (Å²) in [6.07, 6.45) is 9.78. The Hall–Kier alpha value is -5.20. The molecule has 0 spiro atoms. The molecule has 3 aliphatic heterocycles. The molecule has 14 heteroatoms. The van der Waals surface area contributed by atoms with E-state index in [1.807, 2.05) is 6.92 Å². The van der Waals surface area contributed by atoms with Crippen molar-refractivity contribution in [3.63, 3.8) is 0 Å². The van der Waals surface area contributed by atoms with Gasteiger partial charge in [0.2, 0.25) is 0 Å². The third kappa shape index (κ3) is 8.09. The van der Waals surface area contributed by atoms with Crippen LogP contribution in [0.2, 0.25) is 0 Å². The molecule has 0 radical (unpaired) electrons. The molecule has 13 nitrogen and oxygen atoms in total. The van der Waals surface area contributed by atoms with Gasteiger partial charge in [-0.05, 0) is 74.8 Å². The molecule has 1 saturated heterocycles. The van der Waals surface area contributed by atoms with E-state index in [9.17, 15) is 9.59 Å². The van der Waals surface area contributed by atoms with Gasteiger partial charge in [-0.2, -0.15) is 0 Å². The Morgan fingerprint density at radius 2 is 1.92 bits per heavy atom. The van der Waals surface area contributed by atoms with E-state index in [0.717, 1.165) is 74.0 Å². The fourth-order valence-electron chi connectivity index (χ4n) is 8.55. The van der Waals surface area contributed by atoms with Gasteiger partial charge in [0.05, 0.1) is 58.5 Å². The molecule has 2 unspecified atom stereocenters. The van der Waals surface area contributed by atoms with Gasteiger partial charge in [-0.25, -0.2) is 20.4 Å². The Morgan fingerprint density at radius 1 is 1.10 bits per heavy atom. The van der Waals surface area contributed by atoms with Crippen LogP contribution in [0.15, 0.2) is 48.5 Å². The minimum absolute atomic E-state index is 0.0764. The fraction of sp³-hybridized carbons (Fsp3) is 0.467. The largest absolute Gasteiger partial charge is 0.489 e. The average molecular weight is 815 g/mol. The van der Waals surface area contributed by atoms with Crippen molar-refractivity contribution in [3.8, 4) is 40.1 Å². The number of amides is 1. The molecule has 7 heterocycles. The number of ether oxygens (including phenoxy) is 3. The molecule has 1 aromatic carbocycles. The maximum absolute atomic E-state index is 14.2. The van der Waals surface area contributed by atoms with Gasteiger partial charge >= 0.3 is 5.97 Å². The first kappa shape index (κ1) is 39.3. The zero-order chi connectivity index (χ0) is 40.8. The number of cyclic esters (lactones) is 1. The number of aromatic nitrogens is 5. The van der Waals surface area contributed by atoms with Crippen molar-refractivity contribution in [2.45, 2.75) is 84.5 Å². The van der Waals surface area contributed by atoms with Crippen molar-refractivity contribution in [3.05, 3.63) is 75.9 Å². The standard InChI is InChI=1S/C45H50N8O5S/c1-26-13-31(26)22-48-36-17-39-50-37(23-59-39)30-15-32-34(18-45(3,4)24-58-44(55)35-7-6-10-53(51-35)43(36)54)41(52-11-12-57-38(16-30)42(32)52)33-14-28(21-49-40(33)27(2)56-5)8-9-29-19-46-25-47-20-29/h14-16,19-21,23,25-27,31,35-36,48,51H,6-7,10-13,17-18,22,24H2,1-5H3/t26-,27-,31?,35-,36?/m0/s1. The number of pyridine rings is 1. The molecule has 59 heavy (non-hydrogen) atoms. The van der Waals surface area contributed by atoms with E-state index in [-0.39, 0.29) is 24.6 Å². The van der Waals surface area contributed by atoms with Crippen LogP contribution in [0, 0.1) is 29.1 Å². The number of hydrogen-bond donors (Lipinski definition) is 2. The monoisotopic (exact) mass is 814 g/mol. The summed E-state index contributed by atoms with van der Waals surface area (Å²) in [5.41, 5.74) is 10.8. The number of hydrogen-bond acceptors (Lipinski definition) is 12. The topological polar surface area (TPSA) is 146 Å². The quantitative estimate of drug-likeness (QED) is 0.156. The highest BCUT2D eigenvalue weighted by molar-refractivity contribution is 7.10. The normalized spacial score (nSPS) is 23.1. The lowest BCUT2D eigenvalue weighted by atomic mass is 9.84. The predicted octanol–water partition coefficient (Wildman–Crippen LogP) is 5.89. The molecular formula is C45H50N8O5S. The molecule has 5 aromatic rings. The molecule has 1 saturated carbocycles. The first-order valence-corrected chi connectivity index (χ1v) is 21.5. The first-order valence-electron chi connectivity index (χ1n) is 20.6. The van der Waals surface area contributed by atoms with Crippen molar-refractivity contribution >= 4 is 34.1 Å². The number of carbonyl (C=O) groups is 2. The van der Waals surface area contributed by atoms with Crippen LogP contribution in [0.25, 0.3) is 33.4 Å². The van der Waals surface area contributed by atoms with Gasteiger partial charge in [0.15, 0.2) is 0 Å². The van der Waals surface area contributed by atoms with E-state index in [2.05, 4.69) is 81.5 Å². The van der Waals surface area contributed by atoms with Crippen LogP contribution in [-0.4, -0.2) is 86.9 Å². The van der Waals surface area contributed by atoms with E-state index in [4.69, 9.17) is 24.2 Å². The van der Waals surface area contributed by atoms with Crippen LogP contribution < -0.4 is 15.5 Å². The zero-order valence-electron chi connectivity index (χ0n) is 34.2. The lowest BCUT2D eigenvalue weighted by Gasteiger charge is -2.35. The molecule has 2 fully saturated rings. The number of benzene rings is 1. The molecule has 4 aliphatic rings. The first-order chi connectivity index (χ1) is 28.5. The highest BCUT2D eigenvalue weighted by atomic mass is 32.1. The van der Waals surface area contributed by atoms with E-state index in [0.29, 0.717) is 62.8 Å². The van der Waals surface area contributed by atoms with Crippen molar-refractivity contribution < 1.29 is 23.8 Å². The summed E-state index contributed by atoms with van der Waals surface area (Å²) in [7, 11) is 1.69. The van der Waals surface area contributed by atoms with Crippen LogP contribution in [0.4, 0.5) is 0 Å². The van der Waals surface area contributed by atoms with Gasteiger partial charge in [-0.15, -0.1) is 11.3 Å². The van der Waals surface area contributed by atoms with Crippen LogP contribution in [-0.2, 0) is 38.4 Å². The molecule has 5 atom stereocenters. The summed E-state index contributed by atoms with van der Waals surface area (Å²) in [5.74, 6) is 8.03. The second-order valence-corrected chi connectivity index (χ2v) is 18.1. The Bertz CT molecular complexity index is 2470. The number of nitrogens with zero attached hydrogens (tertiary/aromatic N) is 6. The Morgan fingerprint density at radius 3 is 2.71 bits per heavy atom. The van der Waals surface area contributed by atoms with Crippen LogP contribution in [0.1, 0.15) is 80.5 Å². The minimum Gasteiger partial charge on any atom is -0.489 e. The maximum atomic E-state index is 14.2. The molecule has 2 N–H and O–H groups in total. The number of rotatable bonds is 6. The number of esters is 1. The number of fused-ring (bicyclic) bond motifs is 6. The number of hydrazine groups is 1. The highest BCUT2D eigenvalue weighted by Gasteiger charge is 2.38. The summed E-state index contributed by atoms with van der Waals surface area (Å²) in [4.78, 5) is 46.3. The minimum atomic E-state index is -0.623. The van der Waals surface area contributed by atoms with E-state index in [1.165, 1.54) is 6.33 Å². The molecular weight excluding hydrogens is 765 g/mol. The second kappa shape index (κ2) is 16.1. The highest BCUT2D eigenvalue weighted by Crippen LogP contribution is 2.46. The molecule has 6 bridgehead atoms. The zero-order valence-corrected chi connectivity index (χ0v) is 35.0. The smallest absolute Gasteiger partial charge is 0.324 e. The molecule has 4 aromatic heterocycles. The maximum Gasteiger partial charge on any atom is 0.324 e. The van der Waals surface area contributed by atoms with E-state index in [1.54, 1.807) is 42.0 Å². The predicted molar refractivity (Wildman–Crippen MR) is 224 cm³/mol. The van der Waals surface area contributed by atoms with Gasteiger partial charge in [-0.3, -0.25) is 19.6 Å². The van der Waals surface area contributed by atoms with E-state index < -0.39 is 17.5 Å². The summed E-state index contributed by atoms with van der Waals surface area (Å²) < 4.78 is 20.9. The summed E-state index contributed by atoms with van der Waals surface area (Å²) in [6, 6.07) is 5.29. The number of carbonyl (C=O) groups excluding carboxylic acids is 2. The van der Waals surface area contributed by atoms with E-state index >= 15 is 0 Å². The lowest BCUT2D eigenvalue weighted by molar-refractivity contribution is -0.155. The summed E-state index contributed by atoms with van der Waals surface area (Å²) in [6.45, 7) is 11.1. The van der Waals surface area contributed by atoms with Gasteiger partial charge < -0.3 is 24.1 Å². The van der Waals surface area contributed by atoms with Crippen LogP contribution in [0.3, 0.4) is 0 Å². The molecule has 1 aliphatic carbocycles. The van der Waals surface area contributed by atoms with Crippen molar-refractivity contribution in [1.82, 2.24) is 40.3 Å². The van der Waals surface area contributed by atoms with Gasteiger partial charge in [0.1, 0.15) is 24.7 Å². The third-order valence-electron chi connectivity index (χ3n) is 12.0. The average Bonchev–Trinajstić information content (AvgIpc) is 3.61. The Labute approximate surface area is 348 Å². The van der Waals surface area contributed by atoms with Crippen LogP contribution >= 0.6 is 11.3 Å². The Balaban J connectivity index is 1.20. The van der Waals surface area contributed by atoms with Gasteiger partial charge in [-0.1, -0.05) is 32.6 Å². The second-order valence-electron chi connectivity index (χ2n) is 17.1. The van der Waals surface area contributed by atoms with Gasteiger partial charge in [0, 0.05) is 71.5 Å². The molecule has 306 valence electrons. The van der Waals surface area contributed by atoms with Crippen molar-refractivity contribution in [2.24, 2.45) is 17.3 Å². The number of nitrogens with one attached hydrogen (secondary N) is 2. The lowest BCUT2D eigenvalue weighted by Crippen LogP contribution is -2.60. The van der Waals surface area contributed by atoms with Crippen molar-refractivity contribution in [1.29, 1.82) is 0 Å².